The van der Waals surface area contributed by atoms with Crippen molar-refractivity contribution in [1.29, 1.82) is 0 Å². The first-order valence-electron chi connectivity index (χ1n) is 7.17. The molecule has 2 aromatic rings. The minimum Gasteiger partial charge on any atom is -0.344 e. The van der Waals surface area contributed by atoms with E-state index in [1.165, 1.54) is 23.5 Å². The lowest BCUT2D eigenvalue weighted by molar-refractivity contribution is 0.0935. The van der Waals surface area contributed by atoms with Crippen LogP contribution in [-0.2, 0) is 16.3 Å². The van der Waals surface area contributed by atoms with Crippen molar-refractivity contribution in [1.82, 2.24) is 10.3 Å². The maximum Gasteiger partial charge on any atom is 0.271 e. The Morgan fingerprint density at radius 2 is 2.17 bits per heavy atom. The number of hydrogen-bond donors (Lipinski definition) is 2. The summed E-state index contributed by atoms with van der Waals surface area (Å²) in [5.41, 5.74) is 6.19. The van der Waals surface area contributed by atoms with E-state index in [0.29, 0.717) is 18.5 Å². The highest BCUT2D eigenvalue weighted by Gasteiger charge is 2.18. The number of aromatic nitrogens is 1. The molecule has 130 valence electrons. The number of sulfone groups is 1. The maximum atomic E-state index is 13.9. The van der Waals surface area contributed by atoms with Gasteiger partial charge >= 0.3 is 0 Å². The molecule has 0 saturated carbocycles. The fourth-order valence-electron chi connectivity index (χ4n) is 2.09. The van der Waals surface area contributed by atoms with E-state index in [0.717, 1.165) is 17.3 Å². The summed E-state index contributed by atoms with van der Waals surface area (Å²) in [6, 6.07) is 3.29. The smallest absolute Gasteiger partial charge is 0.271 e. The second kappa shape index (κ2) is 7.37. The number of carbonyl (C=O) groups is 1. The molecule has 0 aliphatic carbocycles. The number of nitrogens with zero attached hydrogens (tertiary/aromatic N) is 1. The van der Waals surface area contributed by atoms with Gasteiger partial charge in [0.05, 0.1) is 11.0 Å². The number of benzene rings is 1. The lowest BCUT2D eigenvalue weighted by Crippen LogP contribution is -2.27. The van der Waals surface area contributed by atoms with Crippen LogP contribution in [0, 0.1) is 5.82 Å². The van der Waals surface area contributed by atoms with Crippen molar-refractivity contribution in [2.45, 2.75) is 24.3 Å². The first-order chi connectivity index (χ1) is 11.2. The largest absolute Gasteiger partial charge is 0.344 e. The van der Waals surface area contributed by atoms with Gasteiger partial charge in [0.15, 0.2) is 9.84 Å². The normalized spacial score (nSPS) is 12.8. The molecule has 1 aromatic carbocycles. The predicted octanol–water partition coefficient (Wildman–Crippen LogP) is 1.68. The van der Waals surface area contributed by atoms with Gasteiger partial charge in [-0.2, -0.15) is 0 Å². The molecule has 1 atom stereocenters. The molecule has 0 fully saturated rings. The van der Waals surface area contributed by atoms with Crippen LogP contribution in [0.1, 0.15) is 34.0 Å². The second-order valence-corrected chi connectivity index (χ2v) is 8.25. The number of rotatable bonds is 6. The zero-order valence-corrected chi connectivity index (χ0v) is 14.9. The molecule has 0 aliphatic heterocycles. The average Bonchev–Trinajstić information content (AvgIpc) is 2.95. The van der Waals surface area contributed by atoms with Crippen molar-refractivity contribution >= 4 is 27.1 Å². The van der Waals surface area contributed by atoms with E-state index in [2.05, 4.69) is 10.3 Å². The molecule has 0 saturated heterocycles. The summed E-state index contributed by atoms with van der Waals surface area (Å²) in [5.74, 6) is -1.22. The van der Waals surface area contributed by atoms with E-state index in [-0.39, 0.29) is 16.5 Å². The van der Waals surface area contributed by atoms with Crippen molar-refractivity contribution in [2.24, 2.45) is 5.73 Å². The molecule has 1 unspecified atom stereocenters. The fraction of sp³-hybridized carbons (Fsp3) is 0.333. The lowest BCUT2D eigenvalue weighted by Gasteiger charge is -2.14. The van der Waals surface area contributed by atoms with E-state index in [1.54, 1.807) is 12.3 Å². The van der Waals surface area contributed by atoms with Gasteiger partial charge in [-0.05, 0) is 31.2 Å². The van der Waals surface area contributed by atoms with Gasteiger partial charge in [0.1, 0.15) is 16.4 Å². The van der Waals surface area contributed by atoms with Gasteiger partial charge in [0.25, 0.3) is 5.91 Å². The number of halogens is 1. The van der Waals surface area contributed by atoms with Gasteiger partial charge in [-0.15, -0.1) is 11.3 Å². The average molecular weight is 371 g/mol. The van der Waals surface area contributed by atoms with Crippen LogP contribution < -0.4 is 11.1 Å². The Kier molecular flexibility index (Phi) is 5.68. The third-order valence-electron chi connectivity index (χ3n) is 3.35. The Morgan fingerprint density at radius 1 is 1.46 bits per heavy atom. The van der Waals surface area contributed by atoms with Crippen LogP contribution in [0.15, 0.2) is 28.5 Å². The first kappa shape index (κ1) is 18.5. The van der Waals surface area contributed by atoms with E-state index in [9.17, 15) is 17.6 Å². The summed E-state index contributed by atoms with van der Waals surface area (Å²) in [6.45, 7) is 2.14. The van der Waals surface area contributed by atoms with Crippen molar-refractivity contribution in [3.8, 4) is 0 Å². The Balaban J connectivity index is 2.12. The molecule has 3 N–H and O–H groups in total. The standard InChI is InChI=1S/C15H18FN3O3S2/c1-9(10-3-4-13(11(16)7-10)24(2,21)22)18-15(20)12-8-23-14(19-12)5-6-17/h3-4,7-9H,5-6,17H2,1-2H3,(H,18,20). The Morgan fingerprint density at radius 3 is 2.75 bits per heavy atom. The topological polar surface area (TPSA) is 102 Å². The number of thiazole rings is 1. The molecule has 0 aliphatic rings. The third-order valence-corrected chi connectivity index (χ3v) is 5.38. The molecular formula is C15H18FN3O3S2. The molecule has 0 radical (unpaired) electrons. The van der Waals surface area contributed by atoms with E-state index < -0.39 is 21.7 Å². The van der Waals surface area contributed by atoms with Crippen molar-refractivity contribution in [3.05, 3.63) is 45.7 Å². The molecule has 2 rings (SSSR count). The van der Waals surface area contributed by atoms with Gasteiger partial charge in [0.2, 0.25) is 0 Å². The van der Waals surface area contributed by atoms with Crippen LogP contribution >= 0.6 is 11.3 Å². The molecular weight excluding hydrogens is 353 g/mol. The summed E-state index contributed by atoms with van der Waals surface area (Å²) in [7, 11) is -3.63. The molecule has 1 aromatic heterocycles. The lowest BCUT2D eigenvalue weighted by atomic mass is 10.1. The highest BCUT2D eigenvalue weighted by molar-refractivity contribution is 7.90. The highest BCUT2D eigenvalue weighted by atomic mass is 32.2. The Labute approximate surface area is 143 Å². The van der Waals surface area contributed by atoms with Crippen LogP contribution in [0.4, 0.5) is 4.39 Å². The predicted molar refractivity (Wildman–Crippen MR) is 90.3 cm³/mol. The van der Waals surface area contributed by atoms with Gasteiger partial charge in [-0.3, -0.25) is 4.79 Å². The molecule has 1 amide bonds. The summed E-state index contributed by atoms with van der Waals surface area (Å²) in [6.07, 6.45) is 1.54. The minimum atomic E-state index is -3.63. The van der Waals surface area contributed by atoms with Gasteiger partial charge in [0, 0.05) is 18.1 Å². The molecule has 24 heavy (non-hydrogen) atoms. The first-order valence-corrected chi connectivity index (χ1v) is 9.94. The maximum absolute atomic E-state index is 13.9. The third kappa shape index (κ3) is 4.37. The zero-order valence-electron chi connectivity index (χ0n) is 13.2. The molecule has 9 heteroatoms. The summed E-state index contributed by atoms with van der Waals surface area (Å²) < 4.78 is 36.8. The van der Waals surface area contributed by atoms with E-state index >= 15 is 0 Å². The highest BCUT2D eigenvalue weighted by Crippen LogP contribution is 2.20. The van der Waals surface area contributed by atoms with E-state index in [1.807, 2.05) is 0 Å². The zero-order chi connectivity index (χ0) is 17.9. The molecule has 6 nitrogen and oxygen atoms in total. The van der Waals surface area contributed by atoms with Crippen molar-refractivity contribution < 1.29 is 17.6 Å². The fourth-order valence-corrected chi connectivity index (χ4v) is 3.62. The number of carbonyl (C=O) groups excluding carboxylic acids is 1. The SMILES string of the molecule is CC(NC(=O)c1csc(CCN)n1)c1ccc(S(C)(=O)=O)c(F)c1. The molecule has 0 spiro atoms. The van der Waals surface area contributed by atoms with Crippen molar-refractivity contribution in [2.75, 3.05) is 12.8 Å². The summed E-state index contributed by atoms with van der Waals surface area (Å²) >= 11 is 1.35. The monoisotopic (exact) mass is 371 g/mol. The Bertz CT molecular complexity index is 849. The second-order valence-electron chi connectivity index (χ2n) is 5.32. The number of hydrogen-bond acceptors (Lipinski definition) is 6. The molecule has 0 bridgehead atoms. The summed E-state index contributed by atoms with van der Waals surface area (Å²) in [5, 5.41) is 5.13. The summed E-state index contributed by atoms with van der Waals surface area (Å²) in [4.78, 5) is 16.0. The van der Waals surface area contributed by atoms with Crippen molar-refractivity contribution in [3.63, 3.8) is 0 Å². The quantitative estimate of drug-likeness (QED) is 0.804. The number of nitrogens with one attached hydrogen (secondary N) is 1. The van der Waals surface area contributed by atoms with Crippen LogP contribution in [0.5, 0.6) is 0 Å². The number of amides is 1. The van der Waals surface area contributed by atoms with Gasteiger partial charge in [-0.25, -0.2) is 17.8 Å². The molecule has 1 heterocycles. The van der Waals surface area contributed by atoms with E-state index in [4.69, 9.17) is 5.73 Å². The van der Waals surface area contributed by atoms with Crippen LogP contribution in [0.2, 0.25) is 0 Å². The van der Waals surface area contributed by atoms with Gasteiger partial charge in [-0.1, -0.05) is 6.07 Å². The minimum absolute atomic E-state index is 0.281. The van der Waals surface area contributed by atoms with Crippen LogP contribution in [0.25, 0.3) is 0 Å². The van der Waals surface area contributed by atoms with Crippen LogP contribution in [0.3, 0.4) is 0 Å². The van der Waals surface area contributed by atoms with Crippen LogP contribution in [-0.4, -0.2) is 32.1 Å². The van der Waals surface area contributed by atoms with Gasteiger partial charge < -0.3 is 11.1 Å². The number of nitrogens with two attached hydrogens (primary N) is 1. The Hall–Kier alpha value is -1.84.